The summed E-state index contributed by atoms with van der Waals surface area (Å²) in [6.45, 7) is 13.0. The summed E-state index contributed by atoms with van der Waals surface area (Å²) >= 11 is 3.57. The van der Waals surface area contributed by atoms with E-state index in [1.165, 1.54) is 52.8 Å². The number of ether oxygens (including phenoxy) is 4. The Bertz CT molecular complexity index is 3650. The van der Waals surface area contributed by atoms with Gasteiger partial charge < -0.3 is 38.5 Å². The van der Waals surface area contributed by atoms with Crippen LogP contribution < -0.4 is 30.4 Å². The molecule has 0 atom stereocenters. The number of unbranched alkanes of at least 4 members (excludes halogenated alkanes) is 2. The number of carbonyl (C=O) groups is 4. The maximum atomic E-state index is 13.4. The van der Waals surface area contributed by atoms with Gasteiger partial charge in [-0.05, 0) is 164 Å². The summed E-state index contributed by atoms with van der Waals surface area (Å²) in [5.74, 6) is -0.0711. The minimum atomic E-state index is -0.559. The Kier molecular flexibility index (Phi) is 19.9. The van der Waals surface area contributed by atoms with Crippen LogP contribution in [0.25, 0.3) is 42.0 Å². The quantitative estimate of drug-likeness (QED) is 0.0414. The van der Waals surface area contributed by atoms with Crippen LogP contribution in [0.3, 0.4) is 0 Å². The van der Waals surface area contributed by atoms with Gasteiger partial charge in [0, 0.05) is 147 Å². The molecule has 468 valence electrons. The average Bonchev–Trinajstić information content (AvgIpc) is 2.85. The van der Waals surface area contributed by atoms with Gasteiger partial charge in [0.25, 0.3) is 11.1 Å². The van der Waals surface area contributed by atoms with Crippen LogP contribution in [-0.2, 0) is 42.1 Å². The Balaban J connectivity index is 0.513. The number of carbonyl (C=O) groups excluding carboxylic acids is 4. The molecule has 2 amide bonds. The van der Waals surface area contributed by atoms with Crippen LogP contribution in [0.1, 0.15) is 77.0 Å². The van der Waals surface area contributed by atoms with Gasteiger partial charge in [-0.25, -0.2) is 0 Å². The van der Waals surface area contributed by atoms with E-state index in [0.717, 1.165) is 128 Å². The molecule has 4 fully saturated rings. The maximum Gasteiger partial charge on any atom is 0.308 e. The van der Waals surface area contributed by atoms with E-state index in [-0.39, 0.29) is 67.5 Å². The molecular formula is C69H80N8O10S2. The number of benzene rings is 4. The van der Waals surface area contributed by atoms with Gasteiger partial charge in [-0.15, -0.1) is 22.7 Å². The normalized spacial score (nSPS) is 16.6. The number of nitrogens with zero attached hydrogens (tertiary/aromatic N) is 8. The molecular weight excluding hydrogens is 1160 g/mol. The largest absolute Gasteiger partial charge is 0.494 e. The molecule has 0 unspecified atom stereocenters. The highest BCUT2D eigenvalue weighted by molar-refractivity contribution is 7.17. The topological polar surface area (TPSA) is 169 Å². The molecule has 18 nitrogen and oxygen atoms in total. The fourth-order valence-corrected chi connectivity index (χ4v) is 14.9. The lowest BCUT2D eigenvalue weighted by Gasteiger charge is -2.47. The monoisotopic (exact) mass is 1240 g/mol. The van der Waals surface area contributed by atoms with Crippen LogP contribution in [0, 0.1) is 5.41 Å². The molecule has 0 aliphatic carbocycles. The Morgan fingerprint density at radius 3 is 1.29 bits per heavy atom. The van der Waals surface area contributed by atoms with E-state index in [9.17, 15) is 28.8 Å². The predicted molar refractivity (Wildman–Crippen MR) is 352 cm³/mol. The summed E-state index contributed by atoms with van der Waals surface area (Å²) in [7, 11) is 0. The standard InChI is InChI=1S/C69H80N8O10S2/c78-63(19-21-67(82)86-49-76-59-47-53(15-11-51(59)13-17-65(76)80)84-43-3-1-29-70-35-39-72(40-36-70)57-7-5-9-61-55(57)23-45-88-61)74-31-25-69(26-32-74)27-33-75(34-28-69)64(79)20-22-68(83)87-50-77-60-48-54(16-12-52(60)14-18-66(77)81)85-44-4-2-30-71-37-41-73(42-38-71)58-8-6-10-62-56(58)24-46-89-62/h5-18,23-24,45-48H,1-4,19-22,25-44,49-50H2. The summed E-state index contributed by atoms with van der Waals surface area (Å²) in [5.41, 5.74) is 3.25. The number of piperazine rings is 2. The van der Waals surface area contributed by atoms with Gasteiger partial charge in [-0.2, -0.15) is 0 Å². The number of rotatable bonds is 24. The van der Waals surface area contributed by atoms with Gasteiger partial charge in [0.05, 0.1) is 37.1 Å². The average molecular weight is 1250 g/mol. The number of amides is 2. The van der Waals surface area contributed by atoms with Crippen LogP contribution in [0.5, 0.6) is 11.5 Å². The SMILES string of the molecule is O=C(CCC(=O)N1CCC2(CC1)CCN(C(=O)CCC(=O)OCn1c(=O)ccc3ccc(OCCCCN4CCN(c5cccc6sccc56)CC4)cc31)CC2)OCn1c(=O)ccc2ccc(OCCCCN3CCN(c4cccc5sccc45)CC3)cc21. The lowest BCUT2D eigenvalue weighted by atomic mass is 9.71. The Labute approximate surface area is 526 Å². The Morgan fingerprint density at radius 2 is 0.865 bits per heavy atom. The van der Waals surface area contributed by atoms with Crippen molar-refractivity contribution in [3.8, 4) is 11.5 Å². The van der Waals surface area contributed by atoms with Crippen LogP contribution >= 0.6 is 22.7 Å². The first-order chi connectivity index (χ1) is 43.5. The molecule has 4 aromatic heterocycles. The molecule has 8 heterocycles. The molecule has 0 N–H and O–H groups in total. The zero-order valence-corrected chi connectivity index (χ0v) is 52.4. The number of thiophene rings is 2. The number of hydrogen-bond donors (Lipinski definition) is 0. The zero-order chi connectivity index (χ0) is 61.1. The van der Waals surface area contributed by atoms with Crippen molar-refractivity contribution in [1.29, 1.82) is 0 Å². The molecule has 20 heteroatoms. The van der Waals surface area contributed by atoms with Crippen molar-refractivity contribution in [2.75, 3.05) is 115 Å². The molecule has 1 spiro atoms. The van der Waals surface area contributed by atoms with E-state index in [2.05, 4.69) is 78.9 Å². The van der Waals surface area contributed by atoms with Crippen molar-refractivity contribution < 1.29 is 38.1 Å². The molecule has 4 aliphatic rings. The lowest BCUT2D eigenvalue weighted by molar-refractivity contribution is -0.150. The van der Waals surface area contributed by atoms with Crippen LogP contribution in [0.15, 0.2) is 130 Å². The highest BCUT2D eigenvalue weighted by Crippen LogP contribution is 2.42. The first-order valence-electron chi connectivity index (χ1n) is 31.8. The summed E-state index contributed by atoms with van der Waals surface area (Å²) in [5, 5.41) is 8.63. The van der Waals surface area contributed by atoms with E-state index in [0.29, 0.717) is 61.9 Å². The fourth-order valence-electron chi connectivity index (χ4n) is 13.3. The summed E-state index contributed by atoms with van der Waals surface area (Å²) in [6.07, 6.45) is 6.81. The Hall–Kier alpha value is -7.78. The number of piperidine rings is 2. The van der Waals surface area contributed by atoms with Gasteiger partial charge >= 0.3 is 11.9 Å². The van der Waals surface area contributed by atoms with E-state index in [4.69, 9.17) is 18.9 Å². The summed E-state index contributed by atoms with van der Waals surface area (Å²) < 4.78 is 29.0. The van der Waals surface area contributed by atoms with E-state index in [1.54, 1.807) is 34.8 Å². The first-order valence-corrected chi connectivity index (χ1v) is 33.5. The summed E-state index contributed by atoms with van der Waals surface area (Å²) in [6, 6.07) is 35.2. The molecule has 0 saturated carbocycles. The van der Waals surface area contributed by atoms with Gasteiger partial charge in [0.1, 0.15) is 11.5 Å². The third-order valence-corrected chi connectivity index (χ3v) is 20.5. The predicted octanol–water partition coefficient (Wildman–Crippen LogP) is 10.2. The molecule has 12 rings (SSSR count). The number of likely N-dealkylation sites (tertiary alicyclic amines) is 2. The van der Waals surface area contributed by atoms with E-state index in [1.807, 2.05) is 46.2 Å². The lowest BCUT2D eigenvalue weighted by Crippen LogP contribution is -2.49. The second kappa shape index (κ2) is 28.8. The maximum absolute atomic E-state index is 13.4. The third-order valence-electron chi connectivity index (χ3n) is 18.7. The van der Waals surface area contributed by atoms with Crippen molar-refractivity contribution in [1.82, 2.24) is 28.7 Å². The highest BCUT2D eigenvalue weighted by Gasteiger charge is 2.39. The smallest absolute Gasteiger partial charge is 0.308 e. The number of fused-ring (bicyclic) bond motifs is 4. The van der Waals surface area contributed by atoms with Crippen molar-refractivity contribution >= 4 is 99.8 Å². The van der Waals surface area contributed by atoms with Gasteiger partial charge in [0.15, 0.2) is 13.5 Å². The zero-order valence-electron chi connectivity index (χ0n) is 50.7. The second-order valence-electron chi connectivity index (χ2n) is 24.2. The van der Waals surface area contributed by atoms with E-state index < -0.39 is 11.9 Å². The van der Waals surface area contributed by atoms with Crippen LogP contribution in [-0.4, -0.2) is 157 Å². The van der Waals surface area contributed by atoms with Crippen molar-refractivity contribution in [2.45, 2.75) is 90.5 Å². The van der Waals surface area contributed by atoms with Crippen molar-refractivity contribution in [3.05, 3.63) is 141 Å². The number of hydrogen-bond acceptors (Lipinski definition) is 16. The molecule has 8 aromatic rings. The van der Waals surface area contributed by atoms with Gasteiger partial charge in [-0.1, -0.05) is 12.1 Å². The summed E-state index contributed by atoms with van der Waals surface area (Å²) in [4.78, 5) is 92.6. The number of esters is 2. The minimum Gasteiger partial charge on any atom is -0.494 e. The van der Waals surface area contributed by atoms with Crippen molar-refractivity contribution in [3.63, 3.8) is 0 Å². The number of anilines is 2. The molecule has 0 radical (unpaired) electrons. The highest BCUT2D eigenvalue weighted by atomic mass is 32.1. The first kappa shape index (κ1) is 61.5. The van der Waals surface area contributed by atoms with Crippen molar-refractivity contribution in [2.24, 2.45) is 5.41 Å². The molecule has 4 saturated heterocycles. The number of pyridine rings is 2. The van der Waals surface area contributed by atoms with Gasteiger partial charge in [-0.3, -0.25) is 47.7 Å². The second-order valence-corrected chi connectivity index (χ2v) is 26.1. The molecule has 89 heavy (non-hydrogen) atoms. The Morgan fingerprint density at radius 1 is 0.449 bits per heavy atom. The molecule has 4 aliphatic heterocycles. The van der Waals surface area contributed by atoms with Crippen LogP contribution in [0.4, 0.5) is 11.4 Å². The van der Waals surface area contributed by atoms with Gasteiger partial charge in [0.2, 0.25) is 11.8 Å². The fraction of sp³-hybridized carbons (Fsp3) is 0.449. The van der Waals surface area contributed by atoms with E-state index >= 15 is 0 Å². The van der Waals surface area contributed by atoms with Crippen LogP contribution in [0.2, 0.25) is 0 Å². The minimum absolute atomic E-state index is 0.00518. The number of aromatic nitrogens is 2. The molecule has 0 bridgehead atoms. The molecule has 4 aromatic carbocycles. The third kappa shape index (κ3) is 15.1.